The van der Waals surface area contributed by atoms with Crippen molar-refractivity contribution in [2.45, 2.75) is 6.42 Å². The van der Waals surface area contributed by atoms with Gasteiger partial charge < -0.3 is 10.0 Å². The number of carbonyl (C=O) groups excluding carboxylic acids is 1. The fourth-order valence-electron chi connectivity index (χ4n) is 1.23. The molecule has 0 heterocycles. The summed E-state index contributed by atoms with van der Waals surface area (Å²) in [4.78, 5) is 23.7. The van der Waals surface area contributed by atoms with Crippen LogP contribution in [-0.2, 0) is 4.79 Å². The van der Waals surface area contributed by atoms with Crippen LogP contribution in [-0.4, -0.2) is 35.5 Å². The minimum Gasteiger partial charge on any atom is -0.481 e. The quantitative estimate of drug-likeness (QED) is 0.832. The van der Waals surface area contributed by atoms with Crippen molar-refractivity contribution in [3.63, 3.8) is 0 Å². The first-order chi connectivity index (χ1) is 7.91. The number of carboxylic acid groups (broad SMARTS) is 1. The first kappa shape index (κ1) is 14.2. The summed E-state index contributed by atoms with van der Waals surface area (Å²) in [6.07, 6.45) is -0.0791. The molecule has 0 aliphatic carbocycles. The second-order valence-corrected chi connectivity index (χ2v) is 5.15. The molecule has 1 aromatic carbocycles. The van der Waals surface area contributed by atoms with Crippen molar-refractivity contribution >= 4 is 46.1 Å². The van der Waals surface area contributed by atoms with Crippen molar-refractivity contribution in [1.82, 2.24) is 4.90 Å². The molecule has 0 bridgehead atoms. The number of hydrogen-bond acceptors (Lipinski definition) is 2. The van der Waals surface area contributed by atoms with E-state index in [0.29, 0.717) is 10.6 Å². The lowest BCUT2D eigenvalue weighted by Gasteiger charge is -2.16. The van der Waals surface area contributed by atoms with E-state index in [0.717, 1.165) is 3.57 Å². The van der Waals surface area contributed by atoms with Gasteiger partial charge in [-0.2, -0.15) is 0 Å². The summed E-state index contributed by atoms with van der Waals surface area (Å²) >= 11 is 8.06. The number of hydrogen-bond donors (Lipinski definition) is 1. The van der Waals surface area contributed by atoms with E-state index in [-0.39, 0.29) is 18.9 Å². The number of benzene rings is 1. The van der Waals surface area contributed by atoms with Gasteiger partial charge in [-0.1, -0.05) is 11.6 Å². The SMILES string of the molecule is CN(CCC(=O)O)C(=O)c1ccc(I)cc1Cl. The van der Waals surface area contributed by atoms with Crippen LogP contribution in [0.3, 0.4) is 0 Å². The van der Waals surface area contributed by atoms with Gasteiger partial charge in [0.2, 0.25) is 0 Å². The molecule has 92 valence electrons. The summed E-state index contributed by atoms with van der Waals surface area (Å²) in [6, 6.07) is 5.12. The molecule has 1 aromatic rings. The summed E-state index contributed by atoms with van der Waals surface area (Å²) in [5, 5.41) is 8.92. The molecule has 0 aliphatic heterocycles. The topological polar surface area (TPSA) is 57.6 Å². The highest BCUT2D eigenvalue weighted by Crippen LogP contribution is 2.20. The van der Waals surface area contributed by atoms with Crippen LogP contribution in [0.1, 0.15) is 16.8 Å². The number of amides is 1. The molecule has 0 saturated heterocycles. The Kier molecular flexibility index (Phi) is 5.20. The second kappa shape index (κ2) is 6.20. The lowest BCUT2D eigenvalue weighted by molar-refractivity contribution is -0.137. The molecule has 0 radical (unpaired) electrons. The molecule has 6 heteroatoms. The average molecular weight is 368 g/mol. The number of aliphatic carboxylic acids is 1. The molecule has 0 atom stereocenters. The van der Waals surface area contributed by atoms with E-state index in [1.165, 1.54) is 4.90 Å². The lowest BCUT2D eigenvalue weighted by atomic mass is 10.2. The molecule has 0 saturated carbocycles. The van der Waals surface area contributed by atoms with E-state index < -0.39 is 5.97 Å². The van der Waals surface area contributed by atoms with Crippen LogP contribution in [0.15, 0.2) is 18.2 Å². The van der Waals surface area contributed by atoms with Gasteiger partial charge in [-0.3, -0.25) is 9.59 Å². The third kappa shape index (κ3) is 4.16. The smallest absolute Gasteiger partial charge is 0.305 e. The number of nitrogens with zero attached hydrogens (tertiary/aromatic N) is 1. The molecular formula is C11H11ClINO3. The minimum atomic E-state index is -0.932. The highest BCUT2D eigenvalue weighted by Gasteiger charge is 2.15. The van der Waals surface area contributed by atoms with Gasteiger partial charge in [0.1, 0.15) is 0 Å². The Hall–Kier alpha value is -0.820. The fraction of sp³-hybridized carbons (Fsp3) is 0.273. The first-order valence-corrected chi connectivity index (χ1v) is 6.30. The second-order valence-electron chi connectivity index (χ2n) is 3.49. The summed E-state index contributed by atoms with van der Waals surface area (Å²) in [5.41, 5.74) is 0.389. The van der Waals surface area contributed by atoms with E-state index in [1.807, 2.05) is 0 Å². The molecule has 0 spiro atoms. The Balaban J connectivity index is 2.78. The number of carbonyl (C=O) groups is 2. The maximum Gasteiger partial charge on any atom is 0.305 e. The predicted molar refractivity (Wildman–Crippen MR) is 73.4 cm³/mol. The maximum atomic E-state index is 11.9. The van der Waals surface area contributed by atoms with Crippen LogP contribution in [0, 0.1) is 3.57 Å². The summed E-state index contributed by atoms with van der Waals surface area (Å²) < 4.78 is 0.942. The van der Waals surface area contributed by atoms with Gasteiger partial charge in [0, 0.05) is 17.2 Å². The van der Waals surface area contributed by atoms with Crippen molar-refractivity contribution in [3.05, 3.63) is 32.4 Å². The average Bonchev–Trinajstić information content (AvgIpc) is 2.25. The molecule has 0 fully saturated rings. The third-order valence-corrected chi connectivity index (χ3v) is 3.15. The van der Waals surface area contributed by atoms with Crippen LogP contribution in [0.5, 0.6) is 0 Å². The van der Waals surface area contributed by atoms with E-state index >= 15 is 0 Å². The standard InChI is InChI=1S/C11H11ClINO3/c1-14(5-4-10(15)16)11(17)8-3-2-7(13)6-9(8)12/h2-3,6H,4-5H2,1H3,(H,15,16). The normalized spacial score (nSPS) is 10.1. The van der Waals surface area contributed by atoms with Gasteiger partial charge >= 0.3 is 5.97 Å². The molecule has 1 rings (SSSR count). The Morgan fingerprint density at radius 1 is 1.47 bits per heavy atom. The lowest BCUT2D eigenvalue weighted by Crippen LogP contribution is -2.29. The van der Waals surface area contributed by atoms with Gasteiger partial charge in [0.05, 0.1) is 17.0 Å². The number of halogens is 2. The number of rotatable bonds is 4. The van der Waals surface area contributed by atoms with Crippen LogP contribution in [0.25, 0.3) is 0 Å². The molecule has 1 amide bonds. The fourth-order valence-corrected chi connectivity index (χ4v) is 2.17. The van der Waals surface area contributed by atoms with E-state index in [2.05, 4.69) is 22.6 Å². The molecule has 0 aromatic heterocycles. The van der Waals surface area contributed by atoms with Crippen LogP contribution in [0.2, 0.25) is 5.02 Å². The molecule has 0 aliphatic rings. The van der Waals surface area contributed by atoms with Gasteiger partial charge in [0.15, 0.2) is 0 Å². The highest BCUT2D eigenvalue weighted by molar-refractivity contribution is 14.1. The molecule has 4 nitrogen and oxygen atoms in total. The predicted octanol–water partition coefficient (Wildman–Crippen LogP) is 2.49. The maximum absolute atomic E-state index is 11.9. The van der Waals surface area contributed by atoms with Crippen molar-refractivity contribution in [2.24, 2.45) is 0 Å². The highest BCUT2D eigenvalue weighted by atomic mass is 127. The van der Waals surface area contributed by atoms with E-state index in [1.54, 1.807) is 25.2 Å². The van der Waals surface area contributed by atoms with Crippen LogP contribution >= 0.6 is 34.2 Å². The van der Waals surface area contributed by atoms with Crippen molar-refractivity contribution < 1.29 is 14.7 Å². The van der Waals surface area contributed by atoms with E-state index in [9.17, 15) is 9.59 Å². The zero-order valence-electron chi connectivity index (χ0n) is 9.11. The van der Waals surface area contributed by atoms with Crippen molar-refractivity contribution in [1.29, 1.82) is 0 Å². The first-order valence-electron chi connectivity index (χ1n) is 4.84. The summed E-state index contributed by atoms with van der Waals surface area (Å²) in [5.74, 6) is -1.20. The van der Waals surface area contributed by atoms with Crippen LogP contribution in [0.4, 0.5) is 0 Å². The van der Waals surface area contributed by atoms with Crippen molar-refractivity contribution in [3.8, 4) is 0 Å². The monoisotopic (exact) mass is 367 g/mol. The van der Waals surface area contributed by atoms with E-state index in [4.69, 9.17) is 16.7 Å². The van der Waals surface area contributed by atoms with Gasteiger partial charge in [-0.25, -0.2) is 0 Å². The summed E-state index contributed by atoms with van der Waals surface area (Å²) in [7, 11) is 1.56. The molecule has 17 heavy (non-hydrogen) atoms. The Bertz CT molecular complexity index is 450. The van der Waals surface area contributed by atoms with Crippen molar-refractivity contribution in [2.75, 3.05) is 13.6 Å². The molecular weight excluding hydrogens is 356 g/mol. The molecule has 0 unspecified atom stereocenters. The minimum absolute atomic E-state index is 0.0791. The molecule has 1 N–H and O–H groups in total. The van der Waals surface area contributed by atoms with Gasteiger partial charge in [-0.05, 0) is 40.8 Å². The van der Waals surface area contributed by atoms with Gasteiger partial charge in [0.25, 0.3) is 5.91 Å². The Morgan fingerprint density at radius 3 is 2.65 bits per heavy atom. The zero-order chi connectivity index (χ0) is 13.0. The number of carboxylic acids is 1. The van der Waals surface area contributed by atoms with Crippen LogP contribution < -0.4 is 0 Å². The summed E-state index contributed by atoms with van der Waals surface area (Å²) in [6.45, 7) is 0.163. The zero-order valence-corrected chi connectivity index (χ0v) is 12.0. The Morgan fingerprint density at radius 2 is 2.12 bits per heavy atom. The van der Waals surface area contributed by atoms with Gasteiger partial charge in [-0.15, -0.1) is 0 Å². The Labute approximate surface area is 118 Å². The largest absolute Gasteiger partial charge is 0.481 e. The third-order valence-electron chi connectivity index (χ3n) is 2.17.